The molecule has 2 aliphatic carbocycles. The van der Waals surface area contributed by atoms with Crippen molar-refractivity contribution in [2.75, 3.05) is 10.9 Å². The lowest BCUT2D eigenvalue weighted by Crippen LogP contribution is -2.07. The van der Waals surface area contributed by atoms with E-state index in [2.05, 4.69) is 16.0 Å². The molecule has 0 spiro atoms. The molecule has 2 aromatic carbocycles. The Hall–Kier alpha value is -4.67. The second kappa shape index (κ2) is 42.3. The minimum absolute atomic E-state index is 0.0361. The van der Waals surface area contributed by atoms with Crippen LogP contribution in [0.4, 0.5) is 17.1 Å². The molecule has 4 rings (SSSR count). The van der Waals surface area contributed by atoms with E-state index >= 15 is 0 Å². The van der Waals surface area contributed by atoms with Gasteiger partial charge in [0.2, 0.25) is 0 Å². The summed E-state index contributed by atoms with van der Waals surface area (Å²) in [6, 6.07) is 15.6. The van der Waals surface area contributed by atoms with Gasteiger partial charge in [-0.3, -0.25) is 26.2 Å². The fraction of sp³-hybridized carbons (Fsp3) is 0.395. The van der Waals surface area contributed by atoms with E-state index in [4.69, 9.17) is 5.84 Å². The van der Waals surface area contributed by atoms with Crippen LogP contribution < -0.4 is 16.7 Å². The van der Waals surface area contributed by atoms with Crippen molar-refractivity contribution in [2.24, 2.45) is 22.8 Å². The van der Waals surface area contributed by atoms with E-state index in [1.165, 1.54) is 24.3 Å². The zero-order chi connectivity index (χ0) is 38.2. The van der Waals surface area contributed by atoms with Crippen molar-refractivity contribution in [2.45, 2.75) is 89.2 Å². The summed E-state index contributed by atoms with van der Waals surface area (Å²) in [5.74, 6) is 4.90. The Balaban J connectivity index is -0.000000179. The van der Waals surface area contributed by atoms with E-state index in [1.54, 1.807) is 42.7 Å². The van der Waals surface area contributed by atoms with Crippen LogP contribution in [0.1, 0.15) is 83.1 Å². The van der Waals surface area contributed by atoms with E-state index in [-0.39, 0.29) is 23.3 Å². The number of rotatable bonds is 6. The molecule has 270 valence electrons. The fourth-order valence-electron chi connectivity index (χ4n) is 2.72. The summed E-state index contributed by atoms with van der Waals surface area (Å²) < 4.78 is 0. The van der Waals surface area contributed by atoms with Crippen molar-refractivity contribution < 1.29 is 19.6 Å². The molecule has 0 saturated carbocycles. The third kappa shape index (κ3) is 30.0. The van der Waals surface area contributed by atoms with Crippen LogP contribution in [0.3, 0.4) is 0 Å². The molecule has 0 fully saturated rings. The maximum atomic E-state index is 10.5. The molecule has 0 aromatic heterocycles. The molecule has 0 atom stereocenters. The molecule has 5 N–H and O–H groups in total. The Labute approximate surface area is 290 Å². The van der Waals surface area contributed by atoms with E-state index < -0.39 is 11.0 Å². The maximum Gasteiger partial charge on any atom is 0.269 e. The largest absolute Gasteiger partial charge is 0.385 e. The molecule has 0 unspecified atom stereocenters. The number of anilines is 2. The van der Waals surface area contributed by atoms with Gasteiger partial charge in [0.25, 0.3) is 5.69 Å². The van der Waals surface area contributed by atoms with Gasteiger partial charge < -0.3 is 15.3 Å². The van der Waals surface area contributed by atoms with Gasteiger partial charge in [-0.25, -0.2) is 0 Å². The first-order chi connectivity index (χ1) is 23.4. The standard InChI is InChI=1S/C13H13N3O3.C7H6O2.C6H8N2.6C2H6/c17-13-7-1-10(2-8-13)9-14-15-11-3-5-12(6-4-11)16(18)19;8-5-6-1-3-7(9)4-2-6;7-8-6-4-2-1-3-5-6;6*1-2/h1-10,13,15,17H;1-6H;1-5,8H,7H2;6*1-2H3. The molecule has 0 aliphatic heterocycles. The Kier molecular flexibility index (Phi) is 46.6. The number of hydrazine groups is 1. The molecule has 0 saturated heterocycles. The summed E-state index contributed by atoms with van der Waals surface area (Å²) in [6.07, 6.45) is 15.0. The average molecular weight is 670 g/mol. The highest BCUT2D eigenvalue weighted by atomic mass is 16.6. The van der Waals surface area contributed by atoms with Crippen LogP contribution >= 0.6 is 0 Å². The van der Waals surface area contributed by atoms with E-state index in [1.807, 2.05) is 126 Å². The van der Waals surface area contributed by atoms with Crippen LogP contribution in [0.5, 0.6) is 0 Å². The van der Waals surface area contributed by atoms with Crippen LogP contribution in [0.2, 0.25) is 0 Å². The molecule has 0 heterocycles. The van der Waals surface area contributed by atoms with Crippen LogP contribution in [-0.2, 0) is 9.59 Å². The summed E-state index contributed by atoms with van der Waals surface area (Å²) in [5, 5.41) is 23.7. The number of nitrogens with two attached hydrogens (primary N) is 1. The monoisotopic (exact) mass is 669 g/mol. The number of nitro benzene ring substituents is 1. The van der Waals surface area contributed by atoms with Gasteiger partial charge in [-0.1, -0.05) is 138 Å². The number of para-hydroxylation sites is 1. The molecule has 10 nitrogen and oxygen atoms in total. The van der Waals surface area contributed by atoms with E-state index in [0.29, 0.717) is 5.69 Å². The second-order valence-electron chi connectivity index (χ2n) is 7.38. The van der Waals surface area contributed by atoms with Gasteiger partial charge in [0.15, 0.2) is 5.78 Å². The number of hydrazone groups is 1. The maximum absolute atomic E-state index is 10.5. The summed E-state index contributed by atoms with van der Waals surface area (Å²) in [6.45, 7) is 24.0. The molecule has 0 amide bonds. The lowest BCUT2D eigenvalue weighted by atomic mass is 10.0. The Morgan fingerprint density at radius 3 is 1.54 bits per heavy atom. The summed E-state index contributed by atoms with van der Waals surface area (Å²) in [7, 11) is 0. The smallest absolute Gasteiger partial charge is 0.269 e. The topological polar surface area (TPSA) is 160 Å². The predicted octanol–water partition coefficient (Wildman–Crippen LogP) is 9.72. The van der Waals surface area contributed by atoms with Crippen LogP contribution in [0.15, 0.2) is 108 Å². The number of aliphatic hydroxyl groups excluding tert-OH is 1. The zero-order valence-electron chi connectivity index (χ0n) is 31.3. The highest BCUT2D eigenvalue weighted by Gasteiger charge is 2.05. The number of nitrogens with one attached hydrogen (secondary N) is 2. The van der Waals surface area contributed by atoms with Crippen molar-refractivity contribution >= 4 is 35.3 Å². The predicted molar refractivity (Wildman–Crippen MR) is 208 cm³/mol. The number of aliphatic hydroxyl groups is 1. The quantitative estimate of drug-likeness (QED) is 0.0590. The average Bonchev–Trinajstić information content (AvgIpc) is 3.18. The van der Waals surface area contributed by atoms with Gasteiger partial charge in [0.05, 0.1) is 22.6 Å². The summed E-state index contributed by atoms with van der Waals surface area (Å²) >= 11 is 0. The van der Waals surface area contributed by atoms with Gasteiger partial charge in [-0.15, -0.1) is 0 Å². The van der Waals surface area contributed by atoms with Crippen molar-refractivity contribution in [3.05, 3.63) is 113 Å². The molecule has 0 radical (unpaired) electrons. The lowest BCUT2D eigenvalue weighted by Gasteiger charge is -2.08. The molecular weight excluding hydrogens is 606 g/mol. The van der Waals surface area contributed by atoms with Crippen LogP contribution in [-0.4, -0.2) is 34.4 Å². The number of allylic oxidation sites excluding steroid dienone is 6. The van der Waals surface area contributed by atoms with Gasteiger partial charge >= 0.3 is 0 Å². The number of ketones is 1. The number of carbonyl (C=O) groups is 2. The molecule has 2 aliphatic rings. The molecular formula is C38H63N5O5. The van der Waals surface area contributed by atoms with Crippen molar-refractivity contribution in [3.63, 3.8) is 0 Å². The number of nitro groups is 1. The van der Waals surface area contributed by atoms with Crippen LogP contribution in [0.25, 0.3) is 0 Å². The van der Waals surface area contributed by atoms with Gasteiger partial charge in [-0.2, -0.15) is 5.10 Å². The number of aldehydes is 1. The fourth-order valence-corrected chi connectivity index (χ4v) is 2.72. The highest BCUT2D eigenvalue weighted by Crippen LogP contribution is 2.15. The third-order valence-corrected chi connectivity index (χ3v) is 4.64. The molecule has 10 heteroatoms. The van der Waals surface area contributed by atoms with Crippen molar-refractivity contribution in [1.82, 2.24) is 0 Å². The first-order valence-corrected chi connectivity index (χ1v) is 16.9. The summed E-state index contributed by atoms with van der Waals surface area (Å²) in [5.41, 5.74) is 6.97. The summed E-state index contributed by atoms with van der Waals surface area (Å²) in [4.78, 5) is 30.5. The first kappa shape index (κ1) is 52.8. The Morgan fingerprint density at radius 2 is 1.17 bits per heavy atom. The number of benzene rings is 2. The zero-order valence-corrected chi connectivity index (χ0v) is 31.3. The SMILES string of the molecule is CC.CC.CC.CC.CC.CC.NNc1ccccc1.O=CC1C=CC(=O)C=C1.O=[N+]([O-])c1ccc(NN=CC2C=CC(O)C=C2)cc1. The number of nitrogen functional groups attached to an aromatic ring is 1. The first-order valence-electron chi connectivity index (χ1n) is 16.9. The van der Waals surface area contributed by atoms with Gasteiger partial charge in [0.1, 0.15) is 6.29 Å². The van der Waals surface area contributed by atoms with Crippen LogP contribution in [0, 0.1) is 22.0 Å². The normalized spacial score (nSPS) is 14.2. The Bertz CT molecular complexity index is 1120. The lowest BCUT2D eigenvalue weighted by molar-refractivity contribution is -0.384. The van der Waals surface area contributed by atoms with Gasteiger partial charge in [-0.05, 0) is 36.4 Å². The molecule has 0 bridgehead atoms. The number of hydrogen-bond acceptors (Lipinski definition) is 9. The van der Waals surface area contributed by atoms with E-state index in [0.717, 1.165) is 12.0 Å². The van der Waals surface area contributed by atoms with Gasteiger partial charge in [0, 0.05) is 30.0 Å². The number of non-ortho nitro benzene ring substituents is 1. The molecule has 2 aromatic rings. The minimum Gasteiger partial charge on any atom is -0.385 e. The number of carbonyl (C=O) groups excluding carboxylic acids is 2. The second-order valence-corrected chi connectivity index (χ2v) is 7.38. The third-order valence-electron chi connectivity index (χ3n) is 4.64. The Morgan fingerprint density at radius 1 is 0.708 bits per heavy atom. The molecule has 48 heavy (non-hydrogen) atoms. The van der Waals surface area contributed by atoms with Crippen molar-refractivity contribution in [1.29, 1.82) is 0 Å². The van der Waals surface area contributed by atoms with Crippen molar-refractivity contribution in [3.8, 4) is 0 Å². The minimum atomic E-state index is -0.521. The number of hydrogen-bond donors (Lipinski definition) is 4. The highest BCUT2D eigenvalue weighted by molar-refractivity contribution is 6.01. The van der Waals surface area contributed by atoms with E-state index in [9.17, 15) is 24.8 Å². The number of nitrogens with zero attached hydrogens (tertiary/aromatic N) is 2.